The molecule has 3 aliphatic rings. The number of hydrogen-bond acceptors (Lipinski definition) is 7. The van der Waals surface area contributed by atoms with E-state index in [9.17, 15) is 13.2 Å². The van der Waals surface area contributed by atoms with Crippen molar-refractivity contribution in [3.05, 3.63) is 52.6 Å². The second-order valence-corrected chi connectivity index (χ2v) is 10.0. The van der Waals surface area contributed by atoms with Gasteiger partial charge in [-0.3, -0.25) is 0 Å². The number of anilines is 3. The number of hydrogen-bond donors (Lipinski definition) is 3. The van der Waals surface area contributed by atoms with Gasteiger partial charge >= 0.3 is 6.18 Å². The summed E-state index contributed by atoms with van der Waals surface area (Å²) in [6, 6.07) is 4.28. The van der Waals surface area contributed by atoms with Crippen LogP contribution < -0.4 is 16.0 Å². The van der Waals surface area contributed by atoms with Crippen molar-refractivity contribution in [1.82, 2.24) is 25.2 Å². The van der Waals surface area contributed by atoms with Gasteiger partial charge in [-0.15, -0.1) is 0 Å². The number of nitrogens with zero attached hydrogens (tertiary/aromatic N) is 4. The van der Waals surface area contributed by atoms with E-state index in [4.69, 9.17) is 22.2 Å². The minimum Gasteiger partial charge on any atom is -0.367 e. The molecule has 0 aromatic carbocycles. The maximum atomic E-state index is 13.3. The van der Waals surface area contributed by atoms with E-state index in [1.807, 2.05) is 19.1 Å². The van der Waals surface area contributed by atoms with Crippen molar-refractivity contribution in [3.8, 4) is 0 Å². The molecule has 0 amide bonds. The number of halogens is 3. The molecule has 5 rings (SSSR count). The second-order valence-electron chi connectivity index (χ2n) is 9.53. The normalized spacial score (nSPS) is 19.1. The number of aromatic nitrogens is 3. The van der Waals surface area contributed by atoms with E-state index in [1.54, 1.807) is 6.20 Å². The fraction of sp³-hybridized carbons (Fsp3) is 0.440. The summed E-state index contributed by atoms with van der Waals surface area (Å²) in [5.74, 6) is 1.19. The Morgan fingerprint density at radius 1 is 1.14 bits per heavy atom. The van der Waals surface area contributed by atoms with Crippen molar-refractivity contribution in [2.45, 2.75) is 51.2 Å². The SMILES string of the molecule is Cc1nc(NC2CCN(C)CC2)ccc1Nc1ncc2c(n1)C1=C(C=C(C(F)(F)F)CC1)NC(=S)C2. The quantitative estimate of drug-likeness (QED) is 0.497. The predicted molar refractivity (Wildman–Crippen MR) is 138 cm³/mol. The lowest BCUT2D eigenvalue weighted by Gasteiger charge is -2.29. The second kappa shape index (κ2) is 9.78. The molecule has 0 bridgehead atoms. The first-order valence-corrected chi connectivity index (χ1v) is 12.4. The van der Waals surface area contributed by atoms with Gasteiger partial charge in [0.05, 0.1) is 22.1 Å². The first-order chi connectivity index (χ1) is 17.2. The Bertz CT molecular complexity index is 1250. The van der Waals surface area contributed by atoms with Crippen LogP contribution in [-0.2, 0) is 6.42 Å². The monoisotopic (exact) mass is 515 g/mol. The molecule has 0 radical (unpaired) electrons. The number of thiocarbonyl (C=S) groups is 1. The van der Waals surface area contributed by atoms with Gasteiger partial charge < -0.3 is 20.9 Å². The lowest BCUT2D eigenvalue weighted by atomic mass is 9.92. The molecule has 190 valence electrons. The Balaban J connectivity index is 1.38. The minimum absolute atomic E-state index is 0.0995. The van der Waals surface area contributed by atoms with Crippen LogP contribution in [0.25, 0.3) is 5.57 Å². The summed E-state index contributed by atoms with van der Waals surface area (Å²) < 4.78 is 39.9. The van der Waals surface area contributed by atoms with E-state index in [1.165, 1.54) is 0 Å². The van der Waals surface area contributed by atoms with E-state index in [0.29, 0.717) is 34.8 Å². The smallest absolute Gasteiger partial charge is 0.367 e. The van der Waals surface area contributed by atoms with Gasteiger partial charge in [0, 0.05) is 41.1 Å². The number of rotatable bonds is 4. The maximum absolute atomic E-state index is 13.3. The summed E-state index contributed by atoms with van der Waals surface area (Å²) >= 11 is 5.36. The Labute approximate surface area is 213 Å². The molecular formula is C25H28F3N7S. The highest BCUT2D eigenvalue weighted by Crippen LogP contribution is 2.39. The summed E-state index contributed by atoms with van der Waals surface area (Å²) in [4.78, 5) is 16.6. The van der Waals surface area contributed by atoms with E-state index >= 15 is 0 Å². The molecule has 0 atom stereocenters. The van der Waals surface area contributed by atoms with Crippen molar-refractivity contribution in [2.24, 2.45) is 0 Å². The molecule has 2 aromatic rings. The third kappa shape index (κ3) is 5.36. The molecule has 1 fully saturated rings. The molecule has 2 aromatic heterocycles. The zero-order valence-corrected chi connectivity index (χ0v) is 21.0. The van der Waals surface area contributed by atoms with E-state index in [2.05, 4.69) is 32.9 Å². The van der Waals surface area contributed by atoms with Crippen molar-refractivity contribution in [3.63, 3.8) is 0 Å². The number of alkyl halides is 3. The molecule has 2 aliphatic heterocycles. The van der Waals surface area contributed by atoms with Gasteiger partial charge in [0.2, 0.25) is 5.95 Å². The zero-order valence-electron chi connectivity index (χ0n) is 20.2. The molecule has 0 saturated carbocycles. The highest BCUT2D eigenvalue weighted by molar-refractivity contribution is 7.80. The molecule has 1 aliphatic carbocycles. The van der Waals surface area contributed by atoms with Crippen LogP contribution in [0.5, 0.6) is 0 Å². The standard InChI is InChI=1S/C25H28F3N7S/c1-14-19(5-6-21(30-14)31-17-7-9-35(2)10-8-17)33-24-29-13-15-11-22(36)32-20-12-16(25(26,27)28)3-4-18(20)23(15)34-24/h5-6,12-13,17H,3-4,7-11H2,1-2H3,(H,30,31)(H,32,36)(H,29,33,34). The van der Waals surface area contributed by atoms with Crippen LogP contribution >= 0.6 is 12.2 Å². The Kier molecular flexibility index (Phi) is 6.69. The van der Waals surface area contributed by atoms with Gasteiger partial charge in [-0.2, -0.15) is 13.2 Å². The Hall–Kier alpha value is -3.05. The molecule has 0 spiro atoms. The van der Waals surface area contributed by atoms with Crippen LogP contribution in [0.15, 0.2) is 35.7 Å². The molecule has 3 N–H and O–H groups in total. The van der Waals surface area contributed by atoms with Crippen molar-refractivity contribution >= 4 is 40.2 Å². The van der Waals surface area contributed by atoms with Crippen molar-refractivity contribution in [1.29, 1.82) is 0 Å². The number of piperidine rings is 1. The highest BCUT2D eigenvalue weighted by Gasteiger charge is 2.36. The first-order valence-electron chi connectivity index (χ1n) is 12.0. The lowest BCUT2D eigenvalue weighted by molar-refractivity contribution is -0.0940. The van der Waals surface area contributed by atoms with Crippen LogP contribution in [0.1, 0.15) is 42.6 Å². The van der Waals surface area contributed by atoms with Crippen LogP contribution in [0.4, 0.5) is 30.6 Å². The number of likely N-dealkylation sites (tertiary alicyclic amines) is 1. The summed E-state index contributed by atoms with van der Waals surface area (Å²) in [6.07, 6.45) is 1.12. The van der Waals surface area contributed by atoms with Gasteiger partial charge in [0.15, 0.2) is 0 Å². The number of allylic oxidation sites excluding steroid dienone is 3. The Morgan fingerprint density at radius 3 is 2.64 bits per heavy atom. The van der Waals surface area contributed by atoms with Gasteiger partial charge in [0.1, 0.15) is 5.82 Å². The number of nitrogens with one attached hydrogen (secondary N) is 3. The number of aryl methyl sites for hydroxylation is 1. The average Bonchev–Trinajstić information content (AvgIpc) is 2.96. The van der Waals surface area contributed by atoms with Crippen LogP contribution in [0, 0.1) is 6.92 Å². The van der Waals surface area contributed by atoms with E-state index in [-0.39, 0.29) is 12.8 Å². The van der Waals surface area contributed by atoms with E-state index in [0.717, 1.165) is 60.3 Å². The lowest BCUT2D eigenvalue weighted by Crippen LogP contribution is -2.36. The van der Waals surface area contributed by atoms with Crippen molar-refractivity contribution in [2.75, 3.05) is 30.8 Å². The minimum atomic E-state index is -4.37. The zero-order chi connectivity index (χ0) is 25.4. The fourth-order valence-electron chi connectivity index (χ4n) is 4.79. The van der Waals surface area contributed by atoms with Crippen LogP contribution in [0.2, 0.25) is 0 Å². The fourth-order valence-corrected chi connectivity index (χ4v) is 5.06. The van der Waals surface area contributed by atoms with Gasteiger partial charge in [-0.1, -0.05) is 12.2 Å². The summed E-state index contributed by atoms with van der Waals surface area (Å²) in [5, 5.41) is 9.73. The molecule has 1 saturated heterocycles. The summed E-state index contributed by atoms with van der Waals surface area (Å²) in [7, 11) is 2.14. The van der Waals surface area contributed by atoms with Gasteiger partial charge in [-0.05, 0) is 71.0 Å². The number of fused-ring (bicyclic) bond motifs is 2. The number of pyridine rings is 1. The molecule has 36 heavy (non-hydrogen) atoms. The molecule has 7 nitrogen and oxygen atoms in total. The summed E-state index contributed by atoms with van der Waals surface area (Å²) in [6.45, 7) is 4.05. The highest BCUT2D eigenvalue weighted by atomic mass is 32.1. The molecule has 11 heteroatoms. The molecule has 4 heterocycles. The van der Waals surface area contributed by atoms with Crippen LogP contribution in [0.3, 0.4) is 0 Å². The first kappa shape index (κ1) is 24.6. The summed E-state index contributed by atoms with van der Waals surface area (Å²) in [5.41, 5.74) is 3.49. The third-order valence-corrected chi connectivity index (χ3v) is 7.08. The van der Waals surface area contributed by atoms with Gasteiger partial charge in [0.25, 0.3) is 0 Å². The maximum Gasteiger partial charge on any atom is 0.412 e. The molecule has 0 unspecified atom stereocenters. The van der Waals surface area contributed by atoms with Crippen LogP contribution in [-0.4, -0.2) is 57.2 Å². The Morgan fingerprint density at radius 2 is 1.92 bits per heavy atom. The topological polar surface area (TPSA) is 78.0 Å². The largest absolute Gasteiger partial charge is 0.412 e. The molecular weight excluding hydrogens is 487 g/mol. The third-order valence-electron chi connectivity index (χ3n) is 6.83. The average molecular weight is 516 g/mol. The van der Waals surface area contributed by atoms with E-state index < -0.39 is 11.7 Å². The predicted octanol–water partition coefficient (Wildman–Crippen LogP) is 4.90. The van der Waals surface area contributed by atoms with Crippen molar-refractivity contribution < 1.29 is 13.2 Å². The van der Waals surface area contributed by atoms with Gasteiger partial charge in [-0.25, -0.2) is 15.0 Å².